The molecule has 3 aromatic rings. The largest absolute Gasteiger partial charge is 0.508 e. The topological polar surface area (TPSA) is 65.9 Å². The van der Waals surface area contributed by atoms with Gasteiger partial charge in [0.25, 0.3) is 5.91 Å². The lowest BCUT2D eigenvalue weighted by molar-refractivity contribution is 0.0627. The standard InChI is InChI=1S/C22H23N3O3/c1-28-18-4-2-16-3-5-21(26)20(19(16)14-18)15-24-10-12-25(13-11-24)22(27)17-6-8-23-9-7-17/h2-9,14,26H,10-13,15H2,1H3. The van der Waals surface area contributed by atoms with Crippen LogP contribution in [0.25, 0.3) is 10.8 Å². The molecule has 1 amide bonds. The Morgan fingerprint density at radius 1 is 1.07 bits per heavy atom. The van der Waals surface area contributed by atoms with Crippen molar-refractivity contribution in [2.75, 3.05) is 33.3 Å². The highest BCUT2D eigenvalue weighted by Gasteiger charge is 2.23. The van der Waals surface area contributed by atoms with E-state index < -0.39 is 0 Å². The summed E-state index contributed by atoms with van der Waals surface area (Å²) in [5, 5.41) is 12.5. The highest BCUT2D eigenvalue weighted by molar-refractivity contribution is 5.94. The van der Waals surface area contributed by atoms with Crippen molar-refractivity contribution in [3.63, 3.8) is 0 Å². The van der Waals surface area contributed by atoms with Crippen LogP contribution in [0.5, 0.6) is 11.5 Å². The molecule has 0 unspecified atom stereocenters. The minimum Gasteiger partial charge on any atom is -0.508 e. The van der Waals surface area contributed by atoms with Crippen LogP contribution >= 0.6 is 0 Å². The molecule has 1 aliphatic heterocycles. The molecule has 4 rings (SSSR count). The summed E-state index contributed by atoms with van der Waals surface area (Å²) in [4.78, 5) is 20.7. The zero-order valence-corrected chi connectivity index (χ0v) is 15.8. The molecular formula is C22H23N3O3. The molecule has 1 aliphatic rings. The number of pyridine rings is 1. The molecule has 0 bridgehead atoms. The second-order valence-electron chi connectivity index (χ2n) is 6.95. The van der Waals surface area contributed by atoms with E-state index >= 15 is 0 Å². The molecule has 6 nitrogen and oxygen atoms in total. The van der Waals surface area contributed by atoms with Gasteiger partial charge in [-0.3, -0.25) is 14.7 Å². The molecule has 0 spiro atoms. The number of phenolic OH excluding ortho intramolecular Hbond substituents is 1. The Hall–Kier alpha value is -3.12. The second-order valence-corrected chi connectivity index (χ2v) is 6.95. The highest BCUT2D eigenvalue weighted by Crippen LogP contribution is 2.31. The fourth-order valence-corrected chi connectivity index (χ4v) is 3.65. The predicted octanol–water partition coefficient (Wildman–Crippen LogP) is 2.91. The summed E-state index contributed by atoms with van der Waals surface area (Å²) in [7, 11) is 1.64. The maximum atomic E-state index is 12.6. The lowest BCUT2D eigenvalue weighted by Gasteiger charge is -2.35. The van der Waals surface area contributed by atoms with E-state index in [4.69, 9.17) is 4.74 Å². The molecule has 144 valence electrons. The van der Waals surface area contributed by atoms with Crippen LogP contribution in [0.1, 0.15) is 15.9 Å². The fraction of sp³-hybridized carbons (Fsp3) is 0.273. The van der Waals surface area contributed by atoms with Crippen molar-refractivity contribution in [1.29, 1.82) is 0 Å². The minimum absolute atomic E-state index is 0.0415. The number of phenols is 1. The third-order valence-corrected chi connectivity index (χ3v) is 5.28. The zero-order chi connectivity index (χ0) is 19.5. The van der Waals surface area contributed by atoms with Gasteiger partial charge in [-0.2, -0.15) is 0 Å². The Balaban J connectivity index is 1.48. The number of piperazine rings is 1. The van der Waals surface area contributed by atoms with Crippen LogP contribution in [0.2, 0.25) is 0 Å². The smallest absolute Gasteiger partial charge is 0.254 e. The molecular weight excluding hydrogens is 354 g/mol. The van der Waals surface area contributed by atoms with Crippen LogP contribution in [0.3, 0.4) is 0 Å². The molecule has 2 aromatic carbocycles. The number of carbonyl (C=O) groups is 1. The minimum atomic E-state index is 0.0415. The van der Waals surface area contributed by atoms with Gasteiger partial charge in [0.05, 0.1) is 7.11 Å². The van der Waals surface area contributed by atoms with Crippen molar-refractivity contribution in [2.45, 2.75) is 6.54 Å². The first-order chi connectivity index (χ1) is 13.7. The Morgan fingerprint density at radius 2 is 1.79 bits per heavy atom. The van der Waals surface area contributed by atoms with Crippen LogP contribution in [0, 0.1) is 0 Å². The van der Waals surface area contributed by atoms with Crippen molar-refractivity contribution < 1.29 is 14.6 Å². The fourth-order valence-electron chi connectivity index (χ4n) is 3.65. The maximum Gasteiger partial charge on any atom is 0.254 e. The number of benzene rings is 2. The number of rotatable bonds is 4. The van der Waals surface area contributed by atoms with Gasteiger partial charge in [0, 0.05) is 56.2 Å². The number of nitrogens with zero attached hydrogens (tertiary/aromatic N) is 3. The van der Waals surface area contributed by atoms with E-state index in [9.17, 15) is 9.90 Å². The molecule has 1 aromatic heterocycles. The number of fused-ring (bicyclic) bond motifs is 1. The molecule has 1 fully saturated rings. The Kier molecular flexibility index (Phi) is 5.12. The summed E-state index contributed by atoms with van der Waals surface area (Å²) in [6.07, 6.45) is 3.28. The average Bonchev–Trinajstić information content (AvgIpc) is 2.76. The summed E-state index contributed by atoms with van der Waals surface area (Å²) in [6, 6.07) is 13.0. The second kappa shape index (κ2) is 7.86. The Morgan fingerprint density at radius 3 is 2.50 bits per heavy atom. The monoisotopic (exact) mass is 377 g/mol. The number of carbonyl (C=O) groups excluding carboxylic acids is 1. The average molecular weight is 377 g/mol. The van der Waals surface area contributed by atoms with Gasteiger partial charge in [0.15, 0.2) is 0 Å². The third kappa shape index (κ3) is 3.64. The summed E-state index contributed by atoms with van der Waals surface area (Å²) < 4.78 is 5.35. The summed E-state index contributed by atoms with van der Waals surface area (Å²) in [6.45, 7) is 3.48. The van der Waals surface area contributed by atoms with E-state index in [0.29, 0.717) is 25.2 Å². The first kappa shape index (κ1) is 18.3. The van der Waals surface area contributed by atoms with Gasteiger partial charge in [-0.05, 0) is 41.1 Å². The van der Waals surface area contributed by atoms with Gasteiger partial charge in [0.1, 0.15) is 11.5 Å². The van der Waals surface area contributed by atoms with Crippen molar-refractivity contribution in [3.8, 4) is 11.5 Å². The number of hydrogen-bond acceptors (Lipinski definition) is 5. The van der Waals surface area contributed by atoms with Gasteiger partial charge in [0.2, 0.25) is 0 Å². The van der Waals surface area contributed by atoms with Crippen molar-refractivity contribution in [1.82, 2.24) is 14.8 Å². The molecule has 0 aliphatic carbocycles. The molecule has 1 N–H and O–H groups in total. The quantitative estimate of drug-likeness (QED) is 0.757. The first-order valence-corrected chi connectivity index (χ1v) is 9.36. The van der Waals surface area contributed by atoms with E-state index in [-0.39, 0.29) is 11.7 Å². The zero-order valence-electron chi connectivity index (χ0n) is 15.8. The van der Waals surface area contributed by atoms with Crippen LogP contribution in [0.15, 0.2) is 54.9 Å². The molecule has 2 heterocycles. The molecule has 28 heavy (non-hydrogen) atoms. The van der Waals surface area contributed by atoms with Gasteiger partial charge < -0.3 is 14.7 Å². The number of methoxy groups -OCH3 is 1. The van der Waals surface area contributed by atoms with Gasteiger partial charge in [-0.15, -0.1) is 0 Å². The number of hydrogen-bond donors (Lipinski definition) is 1. The van der Waals surface area contributed by atoms with Crippen LogP contribution in [0.4, 0.5) is 0 Å². The van der Waals surface area contributed by atoms with E-state index in [1.54, 1.807) is 37.7 Å². The summed E-state index contributed by atoms with van der Waals surface area (Å²) in [5.74, 6) is 1.10. The van der Waals surface area contributed by atoms with Crippen molar-refractivity contribution >= 4 is 16.7 Å². The molecule has 0 atom stereocenters. The van der Waals surface area contributed by atoms with Crippen LogP contribution < -0.4 is 4.74 Å². The van der Waals surface area contributed by atoms with Crippen LogP contribution in [-0.4, -0.2) is 59.1 Å². The molecule has 0 radical (unpaired) electrons. The Labute approximate surface area is 164 Å². The summed E-state index contributed by atoms with van der Waals surface area (Å²) >= 11 is 0. The summed E-state index contributed by atoms with van der Waals surface area (Å²) in [5.41, 5.74) is 1.56. The number of aromatic hydroxyl groups is 1. The van der Waals surface area contributed by atoms with Crippen LogP contribution in [-0.2, 0) is 6.54 Å². The van der Waals surface area contributed by atoms with E-state index in [1.165, 1.54) is 0 Å². The maximum absolute atomic E-state index is 12.6. The third-order valence-electron chi connectivity index (χ3n) is 5.28. The van der Waals surface area contributed by atoms with E-state index in [1.807, 2.05) is 29.2 Å². The van der Waals surface area contributed by atoms with Gasteiger partial charge in [-0.1, -0.05) is 12.1 Å². The predicted molar refractivity (Wildman–Crippen MR) is 108 cm³/mol. The van der Waals surface area contributed by atoms with Crippen molar-refractivity contribution in [3.05, 3.63) is 66.0 Å². The number of aromatic nitrogens is 1. The SMILES string of the molecule is COc1ccc2ccc(O)c(CN3CCN(C(=O)c4ccncc4)CC3)c2c1. The molecule has 1 saturated heterocycles. The van der Waals surface area contributed by atoms with Crippen molar-refractivity contribution in [2.24, 2.45) is 0 Å². The van der Waals surface area contributed by atoms with E-state index in [2.05, 4.69) is 9.88 Å². The lowest BCUT2D eigenvalue weighted by atomic mass is 10.0. The number of ether oxygens (including phenoxy) is 1. The molecule has 0 saturated carbocycles. The lowest BCUT2D eigenvalue weighted by Crippen LogP contribution is -2.48. The van der Waals surface area contributed by atoms with Gasteiger partial charge >= 0.3 is 0 Å². The number of amides is 1. The normalized spacial score (nSPS) is 15.0. The van der Waals surface area contributed by atoms with Gasteiger partial charge in [-0.25, -0.2) is 0 Å². The highest BCUT2D eigenvalue weighted by atomic mass is 16.5. The molecule has 6 heteroatoms. The Bertz CT molecular complexity index is 983. The first-order valence-electron chi connectivity index (χ1n) is 9.36. The van der Waals surface area contributed by atoms with E-state index in [0.717, 1.165) is 35.2 Å².